The number of benzene rings is 2. The molecule has 0 fully saturated rings. The Balaban J connectivity index is 1.80. The summed E-state index contributed by atoms with van der Waals surface area (Å²) in [6.07, 6.45) is 1.59. The monoisotopic (exact) mass is 428 g/mol. The van der Waals surface area contributed by atoms with Crippen molar-refractivity contribution < 1.29 is 33.6 Å². The summed E-state index contributed by atoms with van der Waals surface area (Å²) in [5.74, 6) is 0.709. The van der Waals surface area contributed by atoms with E-state index >= 15 is 0 Å². The van der Waals surface area contributed by atoms with Crippen LogP contribution in [0.5, 0.6) is 23.3 Å². The van der Waals surface area contributed by atoms with Crippen molar-refractivity contribution in [1.29, 1.82) is 0 Å². The quantitative estimate of drug-likeness (QED) is 0.435. The van der Waals surface area contributed by atoms with E-state index in [1.54, 1.807) is 56.8 Å². The lowest BCUT2D eigenvalue weighted by molar-refractivity contribution is -0.136. The van der Waals surface area contributed by atoms with E-state index in [1.807, 2.05) is 0 Å². The van der Waals surface area contributed by atoms with Crippen LogP contribution in [0.4, 0.5) is 0 Å². The molecule has 0 aliphatic heterocycles. The van der Waals surface area contributed by atoms with Gasteiger partial charge in [-0.05, 0) is 23.8 Å². The van der Waals surface area contributed by atoms with Crippen LogP contribution in [-0.2, 0) is 20.7 Å². The number of fused-ring (bicyclic) bond motifs is 1. The zero-order chi connectivity index (χ0) is 22.1. The molecule has 3 rings (SSSR count). The van der Waals surface area contributed by atoms with E-state index < -0.39 is 5.97 Å². The van der Waals surface area contributed by atoms with E-state index in [0.717, 1.165) is 5.39 Å². The number of rotatable bonds is 12. The molecule has 9 heteroatoms. The molecule has 31 heavy (non-hydrogen) atoms. The van der Waals surface area contributed by atoms with E-state index in [4.69, 9.17) is 28.8 Å². The van der Waals surface area contributed by atoms with Crippen molar-refractivity contribution in [2.24, 2.45) is 0 Å². The van der Waals surface area contributed by atoms with Crippen LogP contribution in [0.2, 0.25) is 0 Å². The Morgan fingerprint density at radius 2 is 1.58 bits per heavy atom. The minimum absolute atomic E-state index is 0.0482. The topological polar surface area (TPSA) is 109 Å². The second-order valence-corrected chi connectivity index (χ2v) is 6.51. The zero-order valence-corrected chi connectivity index (χ0v) is 17.4. The number of hydrogen-bond acceptors (Lipinski definition) is 8. The predicted molar refractivity (Wildman–Crippen MR) is 112 cm³/mol. The number of hydrogen-bond donors (Lipinski definition) is 1. The Morgan fingerprint density at radius 1 is 0.935 bits per heavy atom. The summed E-state index contributed by atoms with van der Waals surface area (Å²) >= 11 is 0. The van der Waals surface area contributed by atoms with Crippen LogP contribution in [-0.4, -0.2) is 61.7 Å². The average molecular weight is 428 g/mol. The lowest BCUT2D eigenvalue weighted by atomic mass is 10.1. The first-order valence-corrected chi connectivity index (χ1v) is 9.62. The van der Waals surface area contributed by atoms with Gasteiger partial charge in [0, 0.05) is 31.9 Å². The standard InChI is InChI=1S/C22H24N2O7/c1-27-7-9-29-19-12-16-14-23-22(24-18(16)13-20(19)30-10-8-28-2)31-17-5-3-15(4-6-17)11-21(25)26/h3-6,12-14H,7-11H2,1-2H3,(H,25,26). The zero-order valence-electron chi connectivity index (χ0n) is 17.4. The number of aliphatic carboxylic acids is 1. The van der Waals surface area contributed by atoms with Gasteiger partial charge in [0.2, 0.25) is 0 Å². The molecule has 2 aromatic carbocycles. The molecule has 1 N–H and O–H groups in total. The number of carboxylic acid groups (broad SMARTS) is 1. The van der Waals surface area contributed by atoms with Gasteiger partial charge in [0.1, 0.15) is 19.0 Å². The molecule has 0 spiro atoms. The van der Waals surface area contributed by atoms with Gasteiger partial charge in [-0.2, -0.15) is 4.98 Å². The van der Waals surface area contributed by atoms with Crippen LogP contribution >= 0.6 is 0 Å². The summed E-state index contributed by atoms with van der Waals surface area (Å²) in [7, 11) is 3.21. The molecule has 0 aliphatic carbocycles. The van der Waals surface area contributed by atoms with Crippen molar-refractivity contribution in [1.82, 2.24) is 9.97 Å². The largest absolute Gasteiger partial charge is 0.487 e. The van der Waals surface area contributed by atoms with Gasteiger partial charge in [-0.25, -0.2) is 4.98 Å². The first-order valence-electron chi connectivity index (χ1n) is 9.62. The highest BCUT2D eigenvalue weighted by Gasteiger charge is 2.11. The van der Waals surface area contributed by atoms with E-state index in [-0.39, 0.29) is 12.4 Å². The minimum Gasteiger partial charge on any atom is -0.487 e. The maximum Gasteiger partial charge on any atom is 0.322 e. The highest BCUT2D eigenvalue weighted by molar-refractivity contribution is 5.82. The summed E-state index contributed by atoms with van der Waals surface area (Å²) in [5.41, 5.74) is 1.30. The number of carboxylic acids is 1. The minimum atomic E-state index is -0.888. The maximum absolute atomic E-state index is 10.8. The molecule has 1 aromatic heterocycles. The van der Waals surface area contributed by atoms with Gasteiger partial charge in [-0.15, -0.1) is 0 Å². The molecule has 0 saturated heterocycles. The van der Waals surface area contributed by atoms with Gasteiger partial charge < -0.3 is 28.8 Å². The fourth-order valence-corrected chi connectivity index (χ4v) is 2.72. The summed E-state index contributed by atoms with van der Waals surface area (Å²) < 4.78 is 27.3. The van der Waals surface area contributed by atoms with Crippen LogP contribution in [0.15, 0.2) is 42.6 Å². The number of methoxy groups -OCH3 is 2. The smallest absolute Gasteiger partial charge is 0.322 e. The summed E-state index contributed by atoms with van der Waals surface area (Å²) in [5, 5.41) is 9.62. The first kappa shape index (κ1) is 22.3. The van der Waals surface area contributed by atoms with E-state index in [2.05, 4.69) is 9.97 Å². The van der Waals surface area contributed by atoms with Crippen molar-refractivity contribution in [2.45, 2.75) is 6.42 Å². The highest BCUT2D eigenvalue weighted by Crippen LogP contribution is 2.33. The van der Waals surface area contributed by atoms with Crippen LogP contribution in [0.3, 0.4) is 0 Å². The second kappa shape index (κ2) is 11.1. The van der Waals surface area contributed by atoms with Crippen LogP contribution in [0.25, 0.3) is 10.9 Å². The predicted octanol–water partition coefficient (Wildman–Crippen LogP) is 3.10. The molecule has 0 amide bonds. The molecule has 9 nitrogen and oxygen atoms in total. The SMILES string of the molecule is COCCOc1cc2cnc(Oc3ccc(CC(=O)O)cc3)nc2cc1OCCOC. The van der Waals surface area contributed by atoms with Gasteiger partial charge in [0.05, 0.1) is 25.2 Å². The molecular weight excluding hydrogens is 404 g/mol. The first-order chi connectivity index (χ1) is 15.1. The fourth-order valence-electron chi connectivity index (χ4n) is 2.72. The van der Waals surface area contributed by atoms with Crippen molar-refractivity contribution >= 4 is 16.9 Å². The molecule has 0 atom stereocenters. The van der Waals surface area contributed by atoms with E-state index in [9.17, 15) is 4.79 Å². The van der Waals surface area contributed by atoms with Gasteiger partial charge in [0.25, 0.3) is 0 Å². The molecule has 1 heterocycles. The average Bonchev–Trinajstić information content (AvgIpc) is 2.75. The number of ether oxygens (including phenoxy) is 5. The molecule has 0 aliphatic rings. The summed E-state index contributed by atoms with van der Waals surface area (Å²) in [6.45, 7) is 1.62. The van der Waals surface area contributed by atoms with E-state index in [1.165, 1.54) is 0 Å². The molecule has 0 unspecified atom stereocenters. The molecule has 0 saturated carbocycles. The van der Waals surface area contributed by atoms with Crippen LogP contribution in [0.1, 0.15) is 5.56 Å². The third-order valence-corrected chi connectivity index (χ3v) is 4.20. The Labute approximate surface area is 179 Å². The molecule has 0 radical (unpaired) electrons. The summed E-state index contributed by atoms with van der Waals surface area (Å²) in [6, 6.07) is 10.5. The Bertz CT molecular complexity index is 1010. The fraction of sp³-hybridized carbons (Fsp3) is 0.318. The van der Waals surface area contributed by atoms with Crippen LogP contribution in [0, 0.1) is 0 Å². The maximum atomic E-state index is 10.8. The Morgan fingerprint density at radius 3 is 2.19 bits per heavy atom. The number of nitrogens with zero attached hydrogens (tertiary/aromatic N) is 2. The Hall–Kier alpha value is -3.43. The normalized spacial score (nSPS) is 10.8. The second-order valence-electron chi connectivity index (χ2n) is 6.51. The third-order valence-electron chi connectivity index (χ3n) is 4.20. The highest BCUT2D eigenvalue weighted by atomic mass is 16.5. The molecule has 164 valence electrons. The van der Waals surface area contributed by atoms with Gasteiger partial charge in [-0.3, -0.25) is 4.79 Å². The van der Waals surface area contributed by atoms with E-state index in [0.29, 0.717) is 54.8 Å². The lowest BCUT2D eigenvalue weighted by Crippen LogP contribution is -2.08. The van der Waals surface area contributed by atoms with Crippen LogP contribution < -0.4 is 14.2 Å². The lowest BCUT2D eigenvalue weighted by Gasteiger charge is -2.14. The molecule has 3 aromatic rings. The van der Waals surface area contributed by atoms with Crippen molar-refractivity contribution in [3.05, 3.63) is 48.2 Å². The summed E-state index contributed by atoms with van der Waals surface area (Å²) in [4.78, 5) is 19.5. The van der Waals surface area contributed by atoms with Crippen molar-refractivity contribution in [2.75, 3.05) is 40.6 Å². The number of aromatic nitrogens is 2. The van der Waals surface area contributed by atoms with Gasteiger partial charge in [-0.1, -0.05) is 12.1 Å². The van der Waals surface area contributed by atoms with Gasteiger partial charge >= 0.3 is 12.0 Å². The number of carbonyl (C=O) groups is 1. The molecular formula is C22H24N2O7. The molecule has 0 bridgehead atoms. The van der Waals surface area contributed by atoms with Crippen molar-refractivity contribution in [3.8, 4) is 23.3 Å². The Kier molecular flexibility index (Phi) is 7.97. The third kappa shape index (κ3) is 6.53. The van der Waals surface area contributed by atoms with Crippen molar-refractivity contribution in [3.63, 3.8) is 0 Å². The van der Waals surface area contributed by atoms with Gasteiger partial charge in [0.15, 0.2) is 11.5 Å².